The molecular weight excluding hydrogens is 230 g/mol. The van der Waals surface area contributed by atoms with Crippen molar-refractivity contribution >= 4 is 10.0 Å². The van der Waals surface area contributed by atoms with Crippen molar-refractivity contribution in [1.29, 1.82) is 0 Å². The highest BCUT2D eigenvalue weighted by molar-refractivity contribution is 7.90. The second-order valence-electron chi connectivity index (χ2n) is 4.80. The molecule has 1 aliphatic carbocycles. The number of rotatable bonds is 4. The van der Waals surface area contributed by atoms with Crippen molar-refractivity contribution in [2.24, 2.45) is 0 Å². The first-order valence-corrected chi connectivity index (χ1v) is 7.18. The predicted molar refractivity (Wildman–Crippen MR) is 59.6 cm³/mol. The number of methoxy groups -OCH3 is 1. The van der Waals surface area contributed by atoms with E-state index in [1.165, 1.54) is 4.31 Å². The van der Waals surface area contributed by atoms with Crippen LogP contribution in [0.2, 0.25) is 0 Å². The molecule has 5 nitrogen and oxygen atoms in total. The van der Waals surface area contributed by atoms with Crippen LogP contribution in [-0.4, -0.2) is 55.5 Å². The lowest BCUT2D eigenvalue weighted by molar-refractivity contribution is -0.0608. The Balaban J connectivity index is 1.94. The fourth-order valence-corrected chi connectivity index (χ4v) is 3.99. The molecule has 0 aromatic rings. The molecule has 94 valence electrons. The van der Waals surface area contributed by atoms with Gasteiger partial charge in [-0.05, 0) is 25.7 Å². The summed E-state index contributed by atoms with van der Waals surface area (Å²) in [5, 5.41) is 9.91. The van der Waals surface area contributed by atoms with Crippen LogP contribution in [0, 0.1) is 0 Å². The molecule has 1 saturated heterocycles. The third-order valence-electron chi connectivity index (χ3n) is 3.37. The monoisotopic (exact) mass is 249 g/mol. The quantitative estimate of drug-likeness (QED) is 0.758. The van der Waals surface area contributed by atoms with Crippen molar-refractivity contribution in [3.8, 4) is 0 Å². The van der Waals surface area contributed by atoms with Gasteiger partial charge in [0.1, 0.15) is 0 Å². The Morgan fingerprint density at radius 1 is 1.38 bits per heavy atom. The largest absolute Gasteiger partial charge is 0.387 e. The molecular formula is C10H19NO4S. The van der Waals surface area contributed by atoms with E-state index in [1.54, 1.807) is 7.11 Å². The first-order chi connectivity index (χ1) is 7.48. The average molecular weight is 249 g/mol. The fraction of sp³-hybridized carbons (Fsp3) is 1.00. The molecule has 0 bridgehead atoms. The van der Waals surface area contributed by atoms with E-state index in [9.17, 15) is 13.5 Å². The van der Waals surface area contributed by atoms with E-state index in [2.05, 4.69) is 0 Å². The Labute approximate surface area is 96.4 Å². The molecule has 0 amide bonds. The standard InChI is InChI=1S/C10H19NO4S/c1-15-8-10(12)4-6-11(7-5-10)16(13,14)9-2-3-9/h9,12H,2-8H2,1H3. The lowest BCUT2D eigenvalue weighted by Gasteiger charge is -2.37. The van der Waals surface area contributed by atoms with Gasteiger partial charge in [-0.2, -0.15) is 0 Å². The molecule has 1 saturated carbocycles. The summed E-state index contributed by atoms with van der Waals surface area (Å²) in [5.41, 5.74) is -0.843. The fourth-order valence-electron chi connectivity index (χ4n) is 2.15. The van der Waals surface area contributed by atoms with Crippen molar-refractivity contribution in [2.45, 2.75) is 36.5 Å². The lowest BCUT2D eigenvalue weighted by Crippen LogP contribution is -2.49. The van der Waals surface area contributed by atoms with Gasteiger partial charge in [0.05, 0.1) is 17.5 Å². The maximum Gasteiger partial charge on any atom is 0.216 e. The van der Waals surface area contributed by atoms with Gasteiger partial charge in [0.15, 0.2) is 0 Å². The van der Waals surface area contributed by atoms with Crippen molar-refractivity contribution < 1.29 is 18.3 Å². The summed E-state index contributed by atoms with van der Waals surface area (Å²) in [6, 6.07) is 0. The van der Waals surface area contributed by atoms with Crippen LogP contribution in [0.25, 0.3) is 0 Å². The van der Waals surface area contributed by atoms with Crippen molar-refractivity contribution in [2.75, 3.05) is 26.8 Å². The van der Waals surface area contributed by atoms with E-state index in [-0.39, 0.29) is 11.9 Å². The number of hydrogen-bond donors (Lipinski definition) is 1. The van der Waals surface area contributed by atoms with Crippen LogP contribution in [0.4, 0.5) is 0 Å². The van der Waals surface area contributed by atoms with Gasteiger partial charge in [-0.1, -0.05) is 0 Å². The van der Waals surface area contributed by atoms with Gasteiger partial charge in [-0.3, -0.25) is 0 Å². The van der Waals surface area contributed by atoms with Crippen molar-refractivity contribution in [1.82, 2.24) is 4.31 Å². The predicted octanol–water partition coefficient (Wildman–Crippen LogP) is -0.0481. The van der Waals surface area contributed by atoms with E-state index in [4.69, 9.17) is 4.74 Å². The van der Waals surface area contributed by atoms with Gasteiger partial charge in [0, 0.05) is 20.2 Å². The number of hydrogen-bond acceptors (Lipinski definition) is 4. The third kappa shape index (κ3) is 2.40. The van der Waals surface area contributed by atoms with Crippen molar-refractivity contribution in [3.05, 3.63) is 0 Å². The number of nitrogens with zero attached hydrogens (tertiary/aromatic N) is 1. The summed E-state index contributed by atoms with van der Waals surface area (Å²) >= 11 is 0. The Morgan fingerprint density at radius 3 is 2.38 bits per heavy atom. The number of aliphatic hydroxyl groups is 1. The summed E-state index contributed by atoms with van der Waals surface area (Å²) in [4.78, 5) is 0. The summed E-state index contributed by atoms with van der Waals surface area (Å²) in [7, 11) is -1.53. The van der Waals surface area contributed by atoms with E-state index in [0.29, 0.717) is 25.9 Å². The molecule has 2 fully saturated rings. The highest BCUT2D eigenvalue weighted by atomic mass is 32.2. The molecule has 0 radical (unpaired) electrons. The molecule has 0 unspecified atom stereocenters. The van der Waals surface area contributed by atoms with Crippen molar-refractivity contribution in [3.63, 3.8) is 0 Å². The summed E-state index contributed by atoms with van der Waals surface area (Å²) < 4.78 is 30.3. The normalized spacial score (nSPS) is 26.9. The van der Waals surface area contributed by atoms with Crippen LogP contribution in [0.1, 0.15) is 25.7 Å². The zero-order valence-electron chi connectivity index (χ0n) is 9.55. The molecule has 0 aromatic carbocycles. The Morgan fingerprint density at radius 2 is 1.94 bits per heavy atom. The maximum atomic E-state index is 11.9. The van der Waals surface area contributed by atoms with E-state index < -0.39 is 15.6 Å². The maximum absolute atomic E-state index is 11.9. The number of ether oxygens (including phenoxy) is 1. The minimum atomic E-state index is -3.07. The summed E-state index contributed by atoms with van der Waals surface area (Å²) in [6.07, 6.45) is 2.52. The number of piperidine rings is 1. The highest BCUT2D eigenvalue weighted by Crippen LogP contribution is 2.33. The minimum absolute atomic E-state index is 0.152. The first-order valence-electron chi connectivity index (χ1n) is 5.68. The molecule has 6 heteroatoms. The Bertz CT molecular complexity index is 342. The highest BCUT2D eigenvalue weighted by Gasteiger charge is 2.43. The van der Waals surface area contributed by atoms with Crippen LogP contribution in [0.5, 0.6) is 0 Å². The van der Waals surface area contributed by atoms with Gasteiger partial charge in [-0.25, -0.2) is 12.7 Å². The molecule has 16 heavy (non-hydrogen) atoms. The topological polar surface area (TPSA) is 66.8 Å². The average Bonchev–Trinajstić information content (AvgIpc) is 3.01. The van der Waals surface area contributed by atoms with E-state index in [0.717, 1.165) is 12.8 Å². The lowest BCUT2D eigenvalue weighted by atomic mass is 9.94. The van der Waals surface area contributed by atoms with Crippen LogP contribution >= 0.6 is 0 Å². The van der Waals surface area contributed by atoms with Gasteiger partial charge in [0.25, 0.3) is 0 Å². The first kappa shape index (κ1) is 12.3. The van der Waals surface area contributed by atoms with Crippen LogP contribution in [0.3, 0.4) is 0 Å². The molecule has 0 spiro atoms. The second kappa shape index (κ2) is 4.25. The van der Waals surface area contributed by atoms with Gasteiger partial charge in [0.2, 0.25) is 10.0 Å². The van der Waals surface area contributed by atoms with Crippen LogP contribution in [-0.2, 0) is 14.8 Å². The zero-order chi connectivity index (χ0) is 11.8. The minimum Gasteiger partial charge on any atom is -0.387 e. The van der Waals surface area contributed by atoms with E-state index in [1.807, 2.05) is 0 Å². The smallest absolute Gasteiger partial charge is 0.216 e. The van der Waals surface area contributed by atoms with Gasteiger partial charge < -0.3 is 9.84 Å². The van der Waals surface area contributed by atoms with Crippen LogP contribution in [0.15, 0.2) is 0 Å². The SMILES string of the molecule is COCC1(O)CCN(S(=O)(=O)C2CC2)CC1. The molecule has 2 aliphatic rings. The molecule has 0 atom stereocenters. The molecule has 1 heterocycles. The van der Waals surface area contributed by atoms with Gasteiger partial charge in [-0.15, -0.1) is 0 Å². The molecule has 1 aliphatic heterocycles. The summed E-state index contributed by atoms with van der Waals surface area (Å²) in [5.74, 6) is 0. The summed E-state index contributed by atoms with van der Waals surface area (Å²) in [6.45, 7) is 1.11. The zero-order valence-corrected chi connectivity index (χ0v) is 10.4. The second-order valence-corrected chi connectivity index (χ2v) is 7.01. The third-order valence-corrected chi connectivity index (χ3v) is 5.77. The van der Waals surface area contributed by atoms with Gasteiger partial charge >= 0.3 is 0 Å². The molecule has 0 aromatic heterocycles. The Hall–Kier alpha value is -0.170. The molecule has 1 N–H and O–H groups in total. The Kier molecular flexibility index (Phi) is 3.27. The number of sulfonamides is 1. The molecule has 2 rings (SSSR count). The van der Waals surface area contributed by atoms with E-state index >= 15 is 0 Å². The van der Waals surface area contributed by atoms with Crippen LogP contribution < -0.4 is 0 Å².